The molecule has 0 spiro atoms. The second-order valence-electron chi connectivity index (χ2n) is 6.18. The third kappa shape index (κ3) is 3.29. The number of anilines is 1. The first kappa shape index (κ1) is 18.6. The summed E-state index contributed by atoms with van der Waals surface area (Å²) in [4.78, 5) is 16.0. The predicted octanol–water partition coefficient (Wildman–Crippen LogP) is 1.88. The zero-order chi connectivity index (χ0) is 19.9. The van der Waals surface area contributed by atoms with Gasteiger partial charge in [-0.25, -0.2) is 23.4 Å². The molecule has 0 bridgehead atoms. The van der Waals surface area contributed by atoms with E-state index in [1.165, 1.54) is 15.4 Å². The summed E-state index contributed by atoms with van der Waals surface area (Å²) in [6.07, 6.45) is -0.558. The van der Waals surface area contributed by atoms with E-state index in [0.29, 0.717) is 11.0 Å². The van der Waals surface area contributed by atoms with E-state index in [1.54, 1.807) is 18.3 Å². The molecule has 1 aliphatic rings. The van der Waals surface area contributed by atoms with Crippen molar-refractivity contribution >= 4 is 27.0 Å². The maximum atomic E-state index is 13.0. The number of alkyl halides is 3. The summed E-state index contributed by atoms with van der Waals surface area (Å²) in [7, 11) is -3.77. The lowest BCUT2D eigenvalue weighted by molar-refractivity contribution is -0.141. The van der Waals surface area contributed by atoms with Crippen molar-refractivity contribution in [3.63, 3.8) is 0 Å². The van der Waals surface area contributed by atoms with E-state index in [-0.39, 0.29) is 37.0 Å². The highest BCUT2D eigenvalue weighted by Gasteiger charge is 2.35. The minimum Gasteiger partial charge on any atom is -0.345 e. The lowest BCUT2D eigenvalue weighted by atomic mass is 10.3. The summed E-state index contributed by atoms with van der Waals surface area (Å²) >= 11 is 0. The van der Waals surface area contributed by atoms with Crippen LogP contribution in [0.25, 0.3) is 11.0 Å². The predicted molar refractivity (Wildman–Crippen MR) is 94.1 cm³/mol. The Morgan fingerprint density at radius 2 is 1.79 bits per heavy atom. The molecule has 0 aliphatic carbocycles. The molecular weight excluding hydrogens is 397 g/mol. The SMILES string of the molecule is O=S(=O)(c1c[nH]c2ncccc12)N1CCN(c2nccc(C(F)(F)F)n2)CC1. The fourth-order valence-electron chi connectivity index (χ4n) is 3.07. The second kappa shape index (κ2) is 6.71. The van der Waals surface area contributed by atoms with Crippen molar-refractivity contribution < 1.29 is 21.6 Å². The summed E-state index contributed by atoms with van der Waals surface area (Å²) < 4.78 is 65.7. The number of hydrogen-bond donors (Lipinski definition) is 1. The molecule has 12 heteroatoms. The molecule has 1 saturated heterocycles. The van der Waals surface area contributed by atoms with Crippen molar-refractivity contribution in [3.8, 4) is 0 Å². The standard InChI is InChI=1S/C16H15F3N6O2S/c17-16(18,19)13-3-5-21-15(23-13)24-6-8-25(9-7-24)28(26,27)12-10-22-14-11(12)2-1-4-20-14/h1-5,10H,6-9H2,(H,20,22). The van der Waals surface area contributed by atoms with Crippen LogP contribution in [0.2, 0.25) is 0 Å². The number of piperazine rings is 1. The number of sulfonamides is 1. The number of aromatic nitrogens is 4. The molecular formula is C16H15F3N6O2S. The van der Waals surface area contributed by atoms with Gasteiger partial charge in [0.15, 0.2) is 0 Å². The van der Waals surface area contributed by atoms with Crippen LogP contribution < -0.4 is 4.90 Å². The van der Waals surface area contributed by atoms with Gasteiger partial charge in [0.2, 0.25) is 16.0 Å². The van der Waals surface area contributed by atoms with Gasteiger partial charge in [0.25, 0.3) is 0 Å². The van der Waals surface area contributed by atoms with Crippen LogP contribution in [0.3, 0.4) is 0 Å². The Labute approximate surface area is 158 Å². The average molecular weight is 412 g/mol. The van der Waals surface area contributed by atoms with Crippen LogP contribution in [0.15, 0.2) is 41.7 Å². The van der Waals surface area contributed by atoms with Gasteiger partial charge in [-0.1, -0.05) is 0 Å². The van der Waals surface area contributed by atoms with E-state index in [4.69, 9.17) is 0 Å². The van der Waals surface area contributed by atoms with Crippen LogP contribution >= 0.6 is 0 Å². The van der Waals surface area contributed by atoms with Crippen molar-refractivity contribution in [3.05, 3.63) is 42.5 Å². The molecule has 1 fully saturated rings. The van der Waals surface area contributed by atoms with Gasteiger partial charge in [-0.15, -0.1) is 0 Å². The van der Waals surface area contributed by atoms with Crippen LogP contribution in [0.5, 0.6) is 0 Å². The highest BCUT2D eigenvalue weighted by molar-refractivity contribution is 7.89. The summed E-state index contributed by atoms with van der Waals surface area (Å²) in [6.45, 7) is 0.575. The van der Waals surface area contributed by atoms with Crippen LogP contribution in [0.4, 0.5) is 19.1 Å². The zero-order valence-electron chi connectivity index (χ0n) is 14.4. The number of hydrogen-bond acceptors (Lipinski definition) is 6. The number of aromatic amines is 1. The number of nitrogens with one attached hydrogen (secondary N) is 1. The Bertz CT molecular complexity index is 1110. The van der Waals surface area contributed by atoms with Crippen molar-refractivity contribution in [2.24, 2.45) is 0 Å². The summed E-state index contributed by atoms with van der Waals surface area (Å²) in [5.74, 6) is -0.0665. The maximum absolute atomic E-state index is 13.0. The van der Waals surface area contributed by atoms with Gasteiger partial charge in [0.05, 0.1) is 0 Å². The molecule has 0 unspecified atom stereocenters. The van der Waals surface area contributed by atoms with Crippen LogP contribution in [-0.4, -0.2) is 58.8 Å². The number of fused-ring (bicyclic) bond motifs is 1. The lowest BCUT2D eigenvalue weighted by Crippen LogP contribution is -2.49. The number of H-pyrrole nitrogens is 1. The van der Waals surface area contributed by atoms with Crippen molar-refractivity contribution in [1.29, 1.82) is 0 Å². The van der Waals surface area contributed by atoms with Crippen molar-refractivity contribution in [2.45, 2.75) is 11.1 Å². The van der Waals surface area contributed by atoms with Crippen LogP contribution in [-0.2, 0) is 16.2 Å². The first-order valence-electron chi connectivity index (χ1n) is 8.34. The largest absolute Gasteiger partial charge is 0.433 e. The third-order valence-electron chi connectivity index (χ3n) is 4.49. The fourth-order valence-corrected chi connectivity index (χ4v) is 4.64. The average Bonchev–Trinajstić information content (AvgIpc) is 3.12. The van der Waals surface area contributed by atoms with Gasteiger partial charge in [0.1, 0.15) is 16.2 Å². The quantitative estimate of drug-likeness (QED) is 0.706. The van der Waals surface area contributed by atoms with Crippen molar-refractivity contribution in [2.75, 3.05) is 31.1 Å². The molecule has 0 saturated carbocycles. The molecule has 3 aromatic heterocycles. The molecule has 4 heterocycles. The highest BCUT2D eigenvalue weighted by atomic mass is 32.2. The normalized spacial score (nSPS) is 16.6. The number of halogens is 3. The molecule has 3 aromatic rings. The van der Waals surface area contributed by atoms with Gasteiger partial charge < -0.3 is 9.88 Å². The number of rotatable bonds is 3. The minimum absolute atomic E-state index is 0.0665. The second-order valence-corrected chi connectivity index (χ2v) is 8.09. The Balaban J connectivity index is 1.53. The van der Waals surface area contributed by atoms with E-state index in [2.05, 4.69) is 19.9 Å². The van der Waals surface area contributed by atoms with Gasteiger partial charge in [0, 0.05) is 50.2 Å². The van der Waals surface area contributed by atoms with Crippen LogP contribution in [0.1, 0.15) is 5.69 Å². The molecule has 0 atom stereocenters. The molecule has 0 amide bonds. The maximum Gasteiger partial charge on any atom is 0.433 e. The van der Waals surface area contributed by atoms with Crippen LogP contribution in [0, 0.1) is 0 Å². The summed E-state index contributed by atoms with van der Waals surface area (Å²) in [5, 5.41) is 0.492. The number of pyridine rings is 1. The monoisotopic (exact) mass is 412 g/mol. The Kier molecular flexibility index (Phi) is 4.46. The Morgan fingerprint density at radius 1 is 1.04 bits per heavy atom. The molecule has 148 valence electrons. The van der Waals surface area contributed by atoms with E-state index in [9.17, 15) is 21.6 Å². The van der Waals surface area contributed by atoms with Crippen molar-refractivity contribution in [1.82, 2.24) is 24.2 Å². The van der Waals surface area contributed by atoms with E-state index in [1.807, 2.05) is 0 Å². The topological polar surface area (TPSA) is 95.1 Å². The molecule has 0 radical (unpaired) electrons. The zero-order valence-corrected chi connectivity index (χ0v) is 15.2. The molecule has 28 heavy (non-hydrogen) atoms. The number of nitrogens with zero attached hydrogens (tertiary/aromatic N) is 5. The highest BCUT2D eigenvalue weighted by Crippen LogP contribution is 2.29. The molecule has 8 nitrogen and oxygen atoms in total. The smallest absolute Gasteiger partial charge is 0.345 e. The fraction of sp³-hybridized carbons (Fsp3) is 0.312. The molecule has 1 N–H and O–H groups in total. The summed E-state index contributed by atoms with van der Waals surface area (Å²) in [6, 6.07) is 4.12. The Hall–Kier alpha value is -2.73. The Morgan fingerprint density at radius 3 is 2.50 bits per heavy atom. The minimum atomic E-state index is -4.56. The van der Waals surface area contributed by atoms with E-state index >= 15 is 0 Å². The summed E-state index contributed by atoms with van der Waals surface area (Å²) in [5.41, 5.74) is -0.559. The first-order chi connectivity index (χ1) is 13.3. The molecule has 4 rings (SSSR count). The lowest BCUT2D eigenvalue weighted by Gasteiger charge is -2.33. The van der Waals surface area contributed by atoms with Gasteiger partial charge in [-0.05, 0) is 18.2 Å². The third-order valence-corrected chi connectivity index (χ3v) is 6.42. The van der Waals surface area contributed by atoms with Gasteiger partial charge in [-0.2, -0.15) is 17.5 Å². The first-order valence-corrected chi connectivity index (χ1v) is 9.78. The van der Waals surface area contributed by atoms with E-state index < -0.39 is 21.9 Å². The van der Waals surface area contributed by atoms with Gasteiger partial charge >= 0.3 is 6.18 Å². The molecule has 0 aromatic carbocycles. The molecule has 1 aliphatic heterocycles. The van der Waals surface area contributed by atoms with Gasteiger partial charge in [-0.3, -0.25) is 0 Å². The van der Waals surface area contributed by atoms with E-state index in [0.717, 1.165) is 12.3 Å².